The third-order valence-electron chi connectivity index (χ3n) is 4.42. The number of hydrogen-bond acceptors (Lipinski definition) is 9. The maximum absolute atomic E-state index is 12.7. The number of rotatable bonds is 10. The number of aromatic hydroxyl groups is 1. The van der Waals surface area contributed by atoms with Crippen LogP contribution in [-0.2, 0) is 14.4 Å². The van der Waals surface area contributed by atoms with E-state index in [1.165, 1.54) is 49.6 Å². The molecule has 2 rings (SSSR count). The summed E-state index contributed by atoms with van der Waals surface area (Å²) in [5.74, 6) is -3.72. The lowest BCUT2D eigenvalue weighted by atomic mass is 10.0. The van der Waals surface area contributed by atoms with E-state index in [0.717, 1.165) is 0 Å². The molecule has 0 unspecified atom stereocenters. The fraction of sp³-hybridized carbons (Fsp3) is 0.190. The highest BCUT2D eigenvalue weighted by Gasteiger charge is 2.18. The van der Waals surface area contributed by atoms with E-state index < -0.39 is 28.4 Å². The molecule has 0 saturated heterocycles. The number of nitro benzene ring substituents is 1. The van der Waals surface area contributed by atoms with Gasteiger partial charge >= 0.3 is 11.8 Å². The lowest BCUT2D eigenvalue weighted by Gasteiger charge is -2.09. The van der Waals surface area contributed by atoms with Gasteiger partial charge in [0.05, 0.1) is 18.5 Å². The molecule has 0 aliphatic carbocycles. The monoisotopic (exact) mass is 471 g/mol. The fourth-order valence-corrected chi connectivity index (χ4v) is 2.72. The molecule has 2 aromatic carbocycles. The van der Waals surface area contributed by atoms with Gasteiger partial charge in [0.2, 0.25) is 5.91 Å². The van der Waals surface area contributed by atoms with Crippen molar-refractivity contribution in [3.05, 3.63) is 58.1 Å². The third kappa shape index (κ3) is 7.12. The van der Waals surface area contributed by atoms with Crippen molar-refractivity contribution in [1.82, 2.24) is 5.43 Å². The fourth-order valence-electron chi connectivity index (χ4n) is 2.72. The second kappa shape index (κ2) is 11.7. The lowest BCUT2D eigenvalue weighted by molar-refractivity contribution is -0.383. The molecule has 13 heteroatoms. The Labute approximate surface area is 192 Å². The molecule has 0 atom stereocenters. The van der Waals surface area contributed by atoms with Gasteiger partial charge in [0.15, 0.2) is 17.3 Å². The van der Waals surface area contributed by atoms with E-state index in [4.69, 9.17) is 10.5 Å². The van der Waals surface area contributed by atoms with E-state index in [0.29, 0.717) is 0 Å². The van der Waals surface area contributed by atoms with Gasteiger partial charge < -0.3 is 20.9 Å². The number of nitrogens with zero attached hydrogens (tertiary/aromatic N) is 2. The second-order valence-corrected chi connectivity index (χ2v) is 6.79. The number of amides is 3. The second-order valence-electron chi connectivity index (χ2n) is 6.79. The number of nitro groups is 1. The van der Waals surface area contributed by atoms with Crippen molar-refractivity contribution in [2.24, 2.45) is 10.8 Å². The number of hydrogen-bond donors (Lipinski definition) is 4. The molecule has 3 amide bonds. The molecule has 0 spiro atoms. The van der Waals surface area contributed by atoms with E-state index in [1.54, 1.807) is 0 Å². The average Bonchev–Trinajstić information content (AvgIpc) is 2.80. The minimum atomic E-state index is -1.30. The van der Waals surface area contributed by atoms with Crippen LogP contribution in [0.1, 0.15) is 29.6 Å². The molecule has 2 aromatic rings. The normalized spacial score (nSPS) is 10.8. The van der Waals surface area contributed by atoms with Gasteiger partial charge in [-0.05, 0) is 30.7 Å². The number of ether oxygens (including phenoxy) is 1. The van der Waals surface area contributed by atoms with Crippen LogP contribution in [0.4, 0.5) is 11.4 Å². The van der Waals surface area contributed by atoms with E-state index >= 15 is 0 Å². The van der Waals surface area contributed by atoms with Gasteiger partial charge in [-0.3, -0.25) is 29.3 Å². The summed E-state index contributed by atoms with van der Waals surface area (Å²) < 4.78 is 4.97. The van der Waals surface area contributed by atoms with Crippen LogP contribution < -0.4 is 21.2 Å². The number of carbonyl (C=O) groups is 4. The quantitative estimate of drug-likeness (QED) is 0.130. The number of benzene rings is 2. The summed E-state index contributed by atoms with van der Waals surface area (Å²) >= 11 is 0. The van der Waals surface area contributed by atoms with E-state index in [2.05, 4.69) is 10.4 Å². The highest BCUT2D eigenvalue weighted by Crippen LogP contribution is 2.27. The van der Waals surface area contributed by atoms with Gasteiger partial charge in [0.1, 0.15) is 5.69 Å². The number of methoxy groups -OCH3 is 1. The first-order valence-electron chi connectivity index (χ1n) is 9.71. The summed E-state index contributed by atoms with van der Waals surface area (Å²) in [7, 11) is 1.31. The Kier molecular flexibility index (Phi) is 8.76. The van der Waals surface area contributed by atoms with Gasteiger partial charge in [0, 0.05) is 23.8 Å². The number of hydrazone groups is 1. The molecule has 0 aliphatic rings. The molecule has 0 saturated carbocycles. The van der Waals surface area contributed by atoms with Crippen molar-refractivity contribution in [3.63, 3.8) is 0 Å². The van der Waals surface area contributed by atoms with E-state index in [1.807, 2.05) is 5.43 Å². The van der Waals surface area contributed by atoms with Gasteiger partial charge in [0.25, 0.3) is 5.69 Å². The minimum Gasteiger partial charge on any atom is -0.504 e. The zero-order valence-electron chi connectivity index (χ0n) is 17.9. The molecular weight excluding hydrogens is 450 g/mol. The molecule has 5 N–H and O–H groups in total. The molecule has 178 valence electrons. The minimum absolute atomic E-state index is 0.00900. The number of para-hydroxylation sites is 2. The molecule has 0 radical (unpaired) electrons. The molecule has 0 aromatic heterocycles. The highest BCUT2D eigenvalue weighted by molar-refractivity contribution is 6.34. The Morgan fingerprint density at radius 1 is 1.15 bits per heavy atom. The molecule has 34 heavy (non-hydrogen) atoms. The molecule has 0 bridgehead atoms. The molecule has 0 fully saturated rings. The van der Waals surface area contributed by atoms with Crippen LogP contribution in [-0.4, -0.2) is 46.4 Å². The first kappa shape index (κ1) is 25.5. The van der Waals surface area contributed by atoms with Crippen LogP contribution in [0, 0.1) is 10.1 Å². The van der Waals surface area contributed by atoms with Crippen LogP contribution in [0.25, 0.3) is 0 Å². The highest BCUT2D eigenvalue weighted by atomic mass is 16.6. The van der Waals surface area contributed by atoms with Crippen LogP contribution in [0.15, 0.2) is 47.6 Å². The van der Waals surface area contributed by atoms with Crippen molar-refractivity contribution in [3.8, 4) is 11.5 Å². The smallest absolute Gasteiger partial charge is 0.329 e. The van der Waals surface area contributed by atoms with Crippen LogP contribution >= 0.6 is 0 Å². The Morgan fingerprint density at radius 2 is 1.85 bits per heavy atom. The number of phenolic OH excluding ortho intramolecular Hbond substituents is 1. The predicted octanol–water partition coefficient (Wildman–Crippen LogP) is 1.26. The Balaban J connectivity index is 2.14. The van der Waals surface area contributed by atoms with Crippen LogP contribution in [0.3, 0.4) is 0 Å². The van der Waals surface area contributed by atoms with Crippen molar-refractivity contribution >= 4 is 40.6 Å². The van der Waals surface area contributed by atoms with Crippen molar-refractivity contribution in [1.29, 1.82) is 0 Å². The molecule has 0 aliphatic heterocycles. The summed E-state index contributed by atoms with van der Waals surface area (Å²) in [5.41, 5.74) is 6.65. The summed E-state index contributed by atoms with van der Waals surface area (Å²) in [5, 5.41) is 26.9. The number of carbonyl (C=O) groups excluding carboxylic acids is 4. The Bertz CT molecular complexity index is 1160. The number of phenols is 1. The van der Waals surface area contributed by atoms with Gasteiger partial charge in [-0.1, -0.05) is 12.1 Å². The zero-order chi connectivity index (χ0) is 25.3. The van der Waals surface area contributed by atoms with Crippen molar-refractivity contribution < 1.29 is 33.9 Å². The molecule has 0 heterocycles. The lowest BCUT2D eigenvalue weighted by Crippen LogP contribution is -2.33. The zero-order valence-corrected chi connectivity index (χ0v) is 17.9. The third-order valence-corrected chi connectivity index (χ3v) is 4.42. The maximum atomic E-state index is 12.7. The first-order chi connectivity index (χ1) is 16.1. The number of Topliss-reactive ketones (excluding diaryl/α,β-unsaturated/α-hetero) is 1. The van der Waals surface area contributed by atoms with Gasteiger partial charge in [-0.15, -0.1) is 0 Å². The number of anilines is 1. The van der Waals surface area contributed by atoms with Crippen LogP contribution in [0.2, 0.25) is 0 Å². The largest absolute Gasteiger partial charge is 0.504 e. The van der Waals surface area contributed by atoms with Crippen molar-refractivity contribution in [2.45, 2.75) is 19.3 Å². The number of ketones is 1. The number of primary amides is 1. The summed E-state index contributed by atoms with van der Waals surface area (Å²) in [6, 6.07) is 9.47. The predicted molar refractivity (Wildman–Crippen MR) is 119 cm³/mol. The Hall–Kier alpha value is -4.81. The van der Waals surface area contributed by atoms with E-state index in [-0.39, 0.29) is 53.4 Å². The van der Waals surface area contributed by atoms with Gasteiger partial charge in [-0.2, -0.15) is 5.10 Å². The van der Waals surface area contributed by atoms with Crippen molar-refractivity contribution in [2.75, 3.05) is 12.4 Å². The topological polar surface area (TPSA) is 203 Å². The van der Waals surface area contributed by atoms with Crippen LogP contribution in [0.5, 0.6) is 11.5 Å². The van der Waals surface area contributed by atoms with E-state index in [9.17, 15) is 34.4 Å². The Morgan fingerprint density at radius 3 is 2.50 bits per heavy atom. The summed E-state index contributed by atoms with van der Waals surface area (Å²) in [6.07, 6.45) is -0.734. The molecular formula is C21H21N5O8. The SMILES string of the molecule is COc1cc(C(=O)C/C(CCC(=O)Nc2ccccc2[N+](=O)[O-])=N/NC(=O)C(N)=O)ccc1O. The maximum Gasteiger partial charge on any atom is 0.329 e. The summed E-state index contributed by atoms with van der Waals surface area (Å²) in [6.45, 7) is 0. The average molecular weight is 471 g/mol. The summed E-state index contributed by atoms with van der Waals surface area (Å²) in [4.78, 5) is 57.8. The first-order valence-corrected chi connectivity index (χ1v) is 9.71. The standard InChI is InChI=1S/C21H21N5O8/c1-34-18-10-12(6-8-16(18)27)17(28)11-13(24-25-21(31)20(22)30)7-9-19(29)23-14-4-2-3-5-15(14)26(32)33/h2-6,8,10,27H,7,9,11H2,1H3,(H2,22,30)(H,23,29)(H,25,31)/b24-13+. The molecule has 13 nitrogen and oxygen atoms in total. The number of nitrogens with one attached hydrogen (secondary N) is 2. The van der Waals surface area contributed by atoms with Gasteiger partial charge in [-0.25, -0.2) is 5.43 Å². The number of nitrogens with two attached hydrogens (primary N) is 1.